The Morgan fingerprint density at radius 1 is 0.909 bits per heavy atom. The van der Waals surface area contributed by atoms with E-state index in [9.17, 15) is 0 Å². The Morgan fingerprint density at radius 3 is 2.45 bits per heavy atom. The van der Waals surface area contributed by atoms with Gasteiger partial charge in [0.25, 0.3) is 0 Å². The normalized spacial score (nSPS) is 12.8. The van der Waals surface area contributed by atoms with Crippen molar-refractivity contribution in [2.75, 3.05) is 5.73 Å². The molecule has 4 rings (SSSR count). The third-order valence-electron chi connectivity index (χ3n) is 3.66. The molecule has 4 aromatic rings. The quantitative estimate of drug-likeness (QED) is 0.588. The Kier molecular flexibility index (Phi) is 2.77. The summed E-state index contributed by atoms with van der Waals surface area (Å²) in [5, 5.41) is 5.15. The molecule has 1 unspecified atom stereocenters. The average Bonchev–Trinajstić information content (AvgIpc) is 2.96. The summed E-state index contributed by atoms with van der Waals surface area (Å²) in [7, 11) is 0. The molecule has 0 aliphatic heterocycles. The number of anilines is 1. The van der Waals surface area contributed by atoms with Crippen LogP contribution in [0.3, 0.4) is 0 Å². The van der Waals surface area contributed by atoms with Crippen molar-refractivity contribution in [3.05, 3.63) is 66.0 Å². The van der Waals surface area contributed by atoms with Crippen molar-refractivity contribution in [3.63, 3.8) is 0 Å². The second-order valence-electron chi connectivity index (χ2n) is 5.08. The third-order valence-corrected chi connectivity index (χ3v) is 3.66. The van der Waals surface area contributed by atoms with Crippen molar-refractivity contribution in [1.29, 1.82) is 0 Å². The van der Waals surface area contributed by atoms with Crippen LogP contribution in [-0.2, 0) is 0 Å². The van der Waals surface area contributed by atoms with Crippen LogP contribution in [0.5, 0.6) is 0 Å². The summed E-state index contributed by atoms with van der Waals surface area (Å²) in [4.78, 5) is 8.99. The van der Waals surface area contributed by atoms with Gasteiger partial charge >= 0.3 is 0 Å². The largest absolute Gasteiger partial charge is 0.366 e. The van der Waals surface area contributed by atoms with Gasteiger partial charge in [-0.2, -0.15) is 9.50 Å². The Balaban J connectivity index is 2.03. The summed E-state index contributed by atoms with van der Waals surface area (Å²) in [6, 6.07) is 17.1. The van der Waals surface area contributed by atoms with Crippen LogP contribution in [0.1, 0.15) is 17.4 Å². The zero-order chi connectivity index (χ0) is 15.1. The predicted octanol–water partition coefficient (Wildman–Crippen LogP) is 1.91. The zero-order valence-electron chi connectivity index (χ0n) is 11.7. The summed E-state index contributed by atoms with van der Waals surface area (Å²) < 4.78 is 1.63. The lowest BCUT2D eigenvalue weighted by molar-refractivity contribution is 0.728. The average molecular weight is 290 g/mol. The van der Waals surface area contributed by atoms with Crippen LogP contribution in [0.4, 0.5) is 5.95 Å². The number of nitrogen functional groups attached to an aromatic ring is 1. The van der Waals surface area contributed by atoms with E-state index in [1.54, 1.807) is 4.52 Å². The predicted molar refractivity (Wildman–Crippen MR) is 85.2 cm³/mol. The molecule has 0 aliphatic rings. The molecule has 108 valence electrons. The Morgan fingerprint density at radius 2 is 1.64 bits per heavy atom. The fourth-order valence-corrected chi connectivity index (χ4v) is 2.60. The van der Waals surface area contributed by atoms with Gasteiger partial charge in [-0.1, -0.05) is 42.5 Å². The maximum absolute atomic E-state index is 6.39. The highest BCUT2D eigenvalue weighted by molar-refractivity contribution is 5.91. The smallest absolute Gasteiger partial charge is 0.240 e. The van der Waals surface area contributed by atoms with E-state index in [0.29, 0.717) is 11.5 Å². The number of nitrogens with zero attached hydrogens (tertiary/aromatic N) is 4. The second kappa shape index (κ2) is 4.78. The molecule has 6 heteroatoms. The van der Waals surface area contributed by atoms with Crippen LogP contribution in [-0.4, -0.2) is 19.6 Å². The van der Waals surface area contributed by atoms with Crippen molar-refractivity contribution in [1.82, 2.24) is 19.6 Å². The molecule has 0 saturated carbocycles. The van der Waals surface area contributed by atoms with Crippen molar-refractivity contribution < 1.29 is 0 Å². The van der Waals surface area contributed by atoms with Crippen LogP contribution in [0.15, 0.2) is 54.6 Å². The summed E-state index contributed by atoms with van der Waals surface area (Å²) in [6.45, 7) is 0. The van der Waals surface area contributed by atoms with Gasteiger partial charge in [-0.3, -0.25) is 0 Å². The van der Waals surface area contributed by atoms with Crippen molar-refractivity contribution in [2.45, 2.75) is 6.04 Å². The zero-order valence-corrected chi connectivity index (χ0v) is 11.7. The SMILES string of the molecule is Nc1nc2c3ccccc3nc(C(N)c3ccccc3)n2n1. The van der Waals surface area contributed by atoms with E-state index in [1.165, 1.54) is 0 Å². The highest BCUT2D eigenvalue weighted by atomic mass is 15.4. The molecule has 0 aliphatic carbocycles. The minimum Gasteiger partial charge on any atom is -0.366 e. The number of benzene rings is 2. The van der Waals surface area contributed by atoms with E-state index in [0.717, 1.165) is 16.5 Å². The lowest BCUT2D eigenvalue weighted by Gasteiger charge is -2.13. The number of rotatable bonds is 2. The minimum atomic E-state index is -0.408. The molecule has 0 amide bonds. The Labute approximate surface area is 126 Å². The molecule has 0 fully saturated rings. The first-order valence-corrected chi connectivity index (χ1v) is 6.95. The molecule has 2 heterocycles. The van der Waals surface area contributed by atoms with E-state index >= 15 is 0 Å². The van der Waals surface area contributed by atoms with Crippen molar-refractivity contribution in [3.8, 4) is 0 Å². The molecule has 0 bridgehead atoms. The Hall–Kier alpha value is -2.99. The fraction of sp³-hybridized carbons (Fsp3) is 0.0625. The number of hydrogen-bond acceptors (Lipinski definition) is 5. The van der Waals surface area contributed by atoms with E-state index in [4.69, 9.17) is 11.5 Å². The number of aromatic nitrogens is 4. The van der Waals surface area contributed by atoms with E-state index in [1.807, 2.05) is 54.6 Å². The van der Waals surface area contributed by atoms with Gasteiger partial charge in [0.1, 0.15) is 0 Å². The highest BCUT2D eigenvalue weighted by Crippen LogP contribution is 2.24. The topological polar surface area (TPSA) is 95.1 Å². The number of fused-ring (bicyclic) bond motifs is 3. The first-order valence-electron chi connectivity index (χ1n) is 6.95. The van der Waals surface area contributed by atoms with Crippen molar-refractivity contribution >= 4 is 22.5 Å². The van der Waals surface area contributed by atoms with Gasteiger partial charge in [0.2, 0.25) is 5.95 Å². The molecule has 1 atom stereocenters. The minimum absolute atomic E-state index is 0.208. The van der Waals surface area contributed by atoms with E-state index < -0.39 is 6.04 Å². The Bertz CT molecular complexity index is 960. The fourth-order valence-electron chi connectivity index (χ4n) is 2.60. The van der Waals surface area contributed by atoms with E-state index in [2.05, 4.69) is 15.1 Å². The van der Waals surface area contributed by atoms with Gasteiger partial charge in [-0.15, -0.1) is 5.10 Å². The lowest BCUT2D eigenvalue weighted by atomic mass is 10.1. The van der Waals surface area contributed by atoms with Gasteiger partial charge < -0.3 is 11.5 Å². The van der Waals surface area contributed by atoms with Gasteiger partial charge in [0.15, 0.2) is 11.5 Å². The molecule has 2 aromatic carbocycles. The molecule has 4 N–H and O–H groups in total. The monoisotopic (exact) mass is 290 g/mol. The van der Waals surface area contributed by atoms with Gasteiger partial charge in [-0.05, 0) is 17.7 Å². The highest BCUT2D eigenvalue weighted by Gasteiger charge is 2.18. The number of para-hydroxylation sites is 1. The molecule has 2 aromatic heterocycles. The van der Waals surface area contributed by atoms with Crippen molar-refractivity contribution in [2.24, 2.45) is 5.73 Å². The maximum atomic E-state index is 6.39. The van der Waals surface area contributed by atoms with Gasteiger partial charge in [-0.25, -0.2) is 4.98 Å². The molecule has 6 nitrogen and oxygen atoms in total. The van der Waals surface area contributed by atoms with Crippen LogP contribution in [0, 0.1) is 0 Å². The standard InChI is InChI=1S/C16H14N6/c17-13(10-6-2-1-3-7-10)15-19-12-9-5-4-8-11(12)14-20-16(18)21-22(14)15/h1-9,13H,17H2,(H2,18,21). The molecule has 22 heavy (non-hydrogen) atoms. The first-order chi connectivity index (χ1) is 10.7. The maximum Gasteiger partial charge on any atom is 0.240 e. The first kappa shape index (κ1) is 12.7. The summed E-state index contributed by atoms with van der Waals surface area (Å²) in [5.41, 5.74) is 14.6. The summed E-state index contributed by atoms with van der Waals surface area (Å²) in [5.74, 6) is 0.823. The van der Waals surface area contributed by atoms with Gasteiger partial charge in [0.05, 0.1) is 11.6 Å². The molecular formula is C16H14N6. The third kappa shape index (κ3) is 1.89. The second-order valence-corrected chi connectivity index (χ2v) is 5.08. The van der Waals surface area contributed by atoms with Crippen LogP contribution in [0.2, 0.25) is 0 Å². The lowest BCUT2D eigenvalue weighted by Crippen LogP contribution is -2.18. The van der Waals surface area contributed by atoms with Crippen LogP contribution in [0.25, 0.3) is 16.6 Å². The molecule has 0 spiro atoms. The molecule has 0 radical (unpaired) electrons. The summed E-state index contributed by atoms with van der Waals surface area (Å²) >= 11 is 0. The number of hydrogen-bond donors (Lipinski definition) is 2. The van der Waals surface area contributed by atoms with E-state index in [-0.39, 0.29) is 5.95 Å². The molecular weight excluding hydrogens is 276 g/mol. The van der Waals surface area contributed by atoms with Crippen LogP contribution < -0.4 is 11.5 Å². The van der Waals surface area contributed by atoms with Crippen LogP contribution >= 0.6 is 0 Å². The molecule has 0 saturated heterocycles. The van der Waals surface area contributed by atoms with Gasteiger partial charge in [0, 0.05) is 5.39 Å². The summed E-state index contributed by atoms with van der Waals surface area (Å²) in [6.07, 6.45) is 0. The number of nitrogens with two attached hydrogens (primary N) is 2.